The van der Waals surface area contributed by atoms with Crippen molar-refractivity contribution >= 4 is 22.8 Å². The predicted molar refractivity (Wildman–Crippen MR) is 129 cm³/mol. The number of rotatable bonds is 8. The number of benzene rings is 1. The highest BCUT2D eigenvalue weighted by molar-refractivity contribution is 5.83. The number of amides is 3. The van der Waals surface area contributed by atoms with Crippen LogP contribution in [0.25, 0.3) is 10.9 Å². The molecule has 1 unspecified atom stereocenters. The molecule has 11 heteroatoms. The molecule has 1 saturated carbocycles. The van der Waals surface area contributed by atoms with Crippen molar-refractivity contribution in [2.45, 2.75) is 76.2 Å². The van der Waals surface area contributed by atoms with Gasteiger partial charge >= 0.3 is 12.2 Å². The molecule has 1 aromatic carbocycles. The second kappa shape index (κ2) is 11.0. The van der Waals surface area contributed by atoms with Crippen LogP contribution in [0.2, 0.25) is 0 Å². The largest absolute Gasteiger partial charge is 0.416 e. The minimum atomic E-state index is -4.45. The molecule has 2 heterocycles. The van der Waals surface area contributed by atoms with Gasteiger partial charge in [-0.2, -0.15) is 13.2 Å². The molecule has 1 saturated heterocycles. The van der Waals surface area contributed by atoms with Crippen LogP contribution in [0.1, 0.15) is 56.7 Å². The Kier molecular flexibility index (Phi) is 7.97. The maximum Gasteiger partial charge on any atom is 0.416 e. The number of halogens is 3. The third-order valence-electron chi connectivity index (χ3n) is 7.50. The molecule has 3 amide bonds. The van der Waals surface area contributed by atoms with Crippen LogP contribution in [0.3, 0.4) is 0 Å². The van der Waals surface area contributed by atoms with Crippen LogP contribution in [0, 0.1) is 5.92 Å². The van der Waals surface area contributed by atoms with Gasteiger partial charge in [-0.3, -0.25) is 9.69 Å². The van der Waals surface area contributed by atoms with Crippen LogP contribution in [-0.4, -0.2) is 58.0 Å². The van der Waals surface area contributed by atoms with Crippen molar-refractivity contribution in [3.05, 3.63) is 35.8 Å². The number of aromatic nitrogens is 2. The number of nitrogens with two attached hydrogens (primary N) is 1. The summed E-state index contributed by atoms with van der Waals surface area (Å²) in [5.41, 5.74) is 5.40. The highest BCUT2D eigenvalue weighted by Gasteiger charge is 2.36. The Labute approximate surface area is 208 Å². The molecule has 0 bridgehead atoms. The first kappa shape index (κ1) is 26.1. The number of fused-ring (bicyclic) bond motifs is 1. The highest BCUT2D eigenvalue weighted by atomic mass is 19.4. The minimum Gasteiger partial charge on any atom is -0.352 e. The highest BCUT2D eigenvalue weighted by Crippen LogP contribution is 2.33. The van der Waals surface area contributed by atoms with E-state index in [0.717, 1.165) is 57.3 Å². The van der Waals surface area contributed by atoms with Gasteiger partial charge in [-0.25, -0.2) is 14.8 Å². The Morgan fingerprint density at radius 3 is 2.53 bits per heavy atom. The van der Waals surface area contributed by atoms with Gasteiger partial charge in [-0.05, 0) is 62.6 Å². The number of alkyl halides is 3. The molecule has 1 aromatic heterocycles. The lowest BCUT2D eigenvalue weighted by atomic mass is 9.79. The van der Waals surface area contributed by atoms with E-state index in [-0.39, 0.29) is 30.8 Å². The summed E-state index contributed by atoms with van der Waals surface area (Å²) in [4.78, 5) is 34.3. The van der Waals surface area contributed by atoms with Crippen LogP contribution < -0.4 is 16.4 Å². The molecule has 2 aromatic rings. The normalized spacial score (nSPS) is 22.1. The number of primary amides is 1. The van der Waals surface area contributed by atoms with Gasteiger partial charge in [0.2, 0.25) is 5.91 Å². The fourth-order valence-electron chi connectivity index (χ4n) is 5.52. The molecule has 0 radical (unpaired) electrons. The first-order valence-corrected chi connectivity index (χ1v) is 12.5. The third-order valence-corrected chi connectivity index (χ3v) is 7.50. The van der Waals surface area contributed by atoms with Gasteiger partial charge in [0.15, 0.2) is 0 Å². The van der Waals surface area contributed by atoms with Crippen LogP contribution in [0.4, 0.5) is 18.0 Å². The number of hydrogen-bond donors (Lipinski definition) is 3. The van der Waals surface area contributed by atoms with Gasteiger partial charge in [0.25, 0.3) is 0 Å². The lowest BCUT2D eigenvalue weighted by molar-refractivity contribution is -0.137. The van der Waals surface area contributed by atoms with E-state index in [1.807, 2.05) is 0 Å². The number of nitrogens with zero attached hydrogens (tertiary/aromatic N) is 3. The maximum absolute atomic E-state index is 13.1. The summed E-state index contributed by atoms with van der Waals surface area (Å²) in [6, 6.07) is 3.60. The Morgan fingerprint density at radius 2 is 1.89 bits per heavy atom. The molecule has 196 valence electrons. The van der Waals surface area contributed by atoms with Gasteiger partial charge in [0.05, 0.1) is 22.8 Å². The molecule has 2 fully saturated rings. The summed E-state index contributed by atoms with van der Waals surface area (Å²) < 4.78 is 39.3. The van der Waals surface area contributed by atoms with E-state index in [9.17, 15) is 22.8 Å². The SMILES string of the molecule is CCC(NC(N)=O)C1CCC(N2CC(NC(=O)CCc3ncnc4ccc(C(F)(F)F)cc34)C2)CC1. The number of hydrogen-bond acceptors (Lipinski definition) is 5. The van der Waals surface area contributed by atoms with E-state index in [4.69, 9.17) is 5.73 Å². The first-order valence-electron chi connectivity index (χ1n) is 12.5. The Morgan fingerprint density at radius 1 is 1.17 bits per heavy atom. The van der Waals surface area contributed by atoms with Crippen LogP contribution in [0.5, 0.6) is 0 Å². The Balaban J connectivity index is 1.22. The molecule has 1 aliphatic heterocycles. The summed E-state index contributed by atoms with van der Waals surface area (Å²) in [6.45, 7) is 3.65. The maximum atomic E-state index is 13.1. The molecule has 8 nitrogen and oxygen atoms in total. The van der Waals surface area contributed by atoms with Crippen molar-refractivity contribution in [1.82, 2.24) is 25.5 Å². The average Bonchev–Trinajstić information content (AvgIpc) is 2.82. The average molecular weight is 507 g/mol. The first-order chi connectivity index (χ1) is 17.1. The zero-order valence-electron chi connectivity index (χ0n) is 20.4. The van der Waals surface area contributed by atoms with Crippen molar-refractivity contribution in [3.63, 3.8) is 0 Å². The fourth-order valence-corrected chi connectivity index (χ4v) is 5.52. The quantitative estimate of drug-likeness (QED) is 0.508. The van der Waals surface area contributed by atoms with E-state index in [0.29, 0.717) is 28.6 Å². The van der Waals surface area contributed by atoms with Gasteiger partial charge in [0.1, 0.15) is 6.33 Å². The Bertz CT molecular complexity index is 1080. The Hall–Kier alpha value is -2.95. The number of likely N-dealkylation sites (tertiary alicyclic amines) is 1. The van der Waals surface area contributed by atoms with Gasteiger partial charge < -0.3 is 16.4 Å². The monoisotopic (exact) mass is 506 g/mol. The third kappa shape index (κ3) is 6.24. The summed E-state index contributed by atoms with van der Waals surface area (Å²) >= 11 is 0. The van der Waals surface area contributed by atoms with Crippen molar-refractivity contribution in [1.29, 1.82) is 0 Å². The molecule has 4 rings (SSSR count). The lowest BCUT2D eigenvalue weighted by Crippen LogP contribution is -2.62. The van der Waals surface area contributed by atoms with E-state index in [2.05, 4.69) is 32.4 Å². The molecule has 1 atom stereocenters. The van der Waals surface area contributed by atoms with Crippen molar-refractivity contribution < 1.29 is 22.8 Å². The number of aryl methyl sites for hydroxylation is 1. The number of urea groups is 1. The summed E-state index contributed by atoms with van der Waals surface area (Å²) in [5.74, 6) is 0.311. The topological polar surface area (TPSA) is 113 Å². The van der Waals surface area contributed by atoms with Crippen LogP contribution in [-0.2, 0) is 17.4 Å². The lowest BCUT2D eigenvalue weighted by Gasteiger charge is -2.47. The second-order valence-electron chi connectivity index (χ2n) is 9.86. The second-order valence-corrected chi connectivity index (χ2v) is 9.86. The number of carbonyl (C=O) groups excluding carboxylic acids is 2. The van der Waals surface area contributed by atoms with Gasteiger partial charge in [-0.15, -0.1) is 0 Å². The van der Waals surface area contributed by atoms with Crippen molar-refractivity contribution in [3.8, 4) is 0 Å². The zero-order chi connectivity index (χ0) is 25.9. The standard InChI is InChI=1S/C25H33F3N6O2/c1-2-20(33-24(29)36)15-3-6-18(7-4-15)34-12-17(13-34)32-23(35)10-9-22-19-11-16(25(26,27)28)5-8-21(19)30-14-31-22/h5,8,11,14-15,17-18,20H,2-4,6-7,9-10,12-13H2,1H3,(H,32,35)(H3,29,33,36). The van der Waals surface area contributed by atoms with E-state index >= 15 is 0 Å². The smallest absolute Gasteiger partial charge is 0.352 e. The zero-order valence-corrected chi connectivity index (χ0v) is 20.4. The van der Waals surface area contributed by atoms with Crippen molar-refractivity contribution in [2.24, 2.45) is 11.7 Å². The summed E-state index contributed by atoms with van der Waals surface area (Å²) in [7, 11) is 0. The van der Waals surface area contributed by atoms with Gasteiger partial charge in [0, 0.05) is 37.0 Å². The summed E-state index contributed by atoms with van der Waals surface area (Å²) in [5, 5.41) is 6.22. The molecule has 36 heavy (non-hydrogen) atoms. The van der Waals surface area contributed by atoms with E-state index in [1.54, 1.807) is 0 Å². The minimum absolute atomic E-state index is 0.0779. The molecule has 4 N–H and O–H groups in total. The fraction of sp³-hybridized carbons (Fsp3) is 0.600. The molecule has 0 spiro atoms. The number of carbonyl (C=O) groups is 2. The van der Waals surface area contributed by atoms with E-state index in [1.165, 1.54) is 12.4 Å². The number of nitrogens with one attached hydrogen (secondary N) is 2. The van der Waals surface area contributed by atoms with Gasteiger partial charge in [-0.1, -0.05) is 6.92 Å². The molecule has 2 aliphatic rings. The molecule has 1 aliphatic carbocycles. The van der Waals surface area contributed by atoms with E-state index < -0.39 is 17.8 Å². The van der Waals surface area contributed by atoms with Crippen LogP contribution >= 0.6 is 0 Å². The summed E-state index contributed by atoms with van der Waals surface area (Å²) in [6.07, 6.45) is 2.32. The molecular weight excluding hydrogens is 473 g/mol. The van der Waals surface area contributed by atoms with Crippen LogP contribution in [0.15, 0.2) is 24.5 Å². The molecular formula is C25H33F3N6O2. The predicted octanol–water partition coefficient (Wildman–Crippen LogP) is 3.39. The van der Waals surface area contributed by atoms with Crippen molar-refractivity contribution in [2.75, 3.05) is 13.1 Å².